The van der Waals surface area contributed by atoms with Crippen LogP contribution in [-0.4, -0.2) is 10.2 Å². The van der Waals surface area contributed by atoms with Crippen LogP contribution in [0.1, 0.15) is 5.69 Å². The highest BCUT2D eigenvalue weighted by molar-refractivity contribution is 5.92. The first kappa shape index (κ1) is 7.79. The lowest BCUT2D eigenvalue weighted by Crippen LogP contribution is -1.97. The molecule has 2 rings (SSSR count). The van der Waals surface area contributed by atoms with E-state index in [1.54, 1.807) is 6.07 Å². The second-order valence-electron chi connectivity index (χ2n) is 2.98. The molecule has 13 heavy (non-hydrogen) atoms. The average molecular weight is 174 g/mol. The fourth-order valence-electron chi connectivity index (χ4n) is 1.23. The molecule has 66 valence electrons. The van der Waals surface area contributed by atoms with Crippen molar-refractivity contribution in [1.82, 2.24) is 10.2 Å². The Labute approximate surface area is 75.6 Å². The Morgan fingerprint density at radius 2 is 1.92 bits per heavy atom. The van der Waals surface area contributed by atoms with Gasteiger partial charge in [-0.1, -0.05) is 0 Å². The zero-order chi connectivity index (χ0) is 9.42. The number of benzene rings is 1. The number of nitrogens with zero attached hydrogens (tertiary/aromatic N) is 2. The van der Waals surface area contributed by atoms with Crippen LogP contribution in [0.4, 0.5) is 11.4 Å². The molecule has 0 atom stereocenters. The fourth-order valence-corrected chi connectivity index (χ4v) is 1.23. The summed E-state index contributed by atoms with van der Waals surface area (Å²) in [5.41, 5.74) is 14.3. The molecule has 0 saturated heterocycles. The number of aromatic nitrogens is 2. The third-order valence-corrected chi connectivity index (χ3v) is 2.01. The summed E-state index contributed by atoms with van der Waals surface area (Å²) >= 11 is 0. The maximum absolute atomic E-state index is 5.83. The summed E-state index contributed by atoms with van der Waals surface area (Å²) in [6.45, 7) is 1.82. The standard InChI is InChI=1S/C9H10N4/c1-5-9(11)7-4-6(10)2-3-8(7)13-12-5/h2-4H,10H2,1H3,(H2,11,13). The molecule has 0 fully saturated rings. The predicted molar refractivity (Wildman–Crippen MR) is 53.1 cm³/mol. The first-order chi connectivity index (χ1) is 6.18. The predicted octanol–water partition coefficient (Wildman–Crippen LogP) is 1.10. The van der Waals surface area contributed by atoms with Gasteiger partial charge >= 0.3 is 0 Å². The van der Waals surface area contributed by atoms with Crippen molar-refractivity contribution >= 4 is 22.3 Å². The Bertz CT molecular complexity index is 459. The maximum Gasteiger partial charge on any atom is 0.0952 e. The van der Waals surface area contributed by atoms with Crippen LogP contribution in [0.2, 0.25) is 0 Å². The van der Waals surface area contributed by atoms with Gasteiger partial charge in [0.15, 0.2) is 0 Å². The maximum atomic E-state index is 5.83. The molecular formula is C9H10N4. The van der Waals surface area contributed by atoms with Gasteiger partial charge in [-0.3, -0.25) is 0 Å². The molecule has 0 amide bonds. The number of hydrogen-bond acceptors (Lipinski definition) is 4. The van der Waals surface area contributed by atoms with Gasteiger partial charge in [-0.15, -0.1) is 0 Å². The van der Waals surface area contributed by atoms with Crippen LogP contribution in [0.25, 0.3) is 10.9 Å². The van der Waals surface area contributed by atoms with Gasteiger partial charge in [0.25, 0.3) is 0 Å². The van der Waals surface area contributed by atoms with E-state index in [1.165, 1.54) is 0 Å². The van der Waals surface area contributed by atoms with Gasteiger partial charge in [0.1, 0.15) is 0 Å². The quantitative estimate of drug-likeness (QED) is 0.586. The molecule has 0 bridgehead atoms. The highest BCUT2D eigenvalue weighted by Gasteiger charge is 2.03. The molecule has 2 aromatic rings. The van der Waals surface area contributed by atoms with E-state index < -0.39 is 0 Å². The minimum absolute atomic E-state index is 0.650. The molecule has 0 saturated carbocycles. The molecule has 0 aliphatic carbocycles. The highest BCUT2D eigenvalue weighted by atomic mass is 15.1. The van der Waals surface area contributed by atoms with Crippen molar-refractivity contribution < 1.29 is 0 Å². The summed E-state index contributed by atoms with van der Waals surface area (Å²) in [6.07, 6.45) is 0. The lowest BCUT2D eigenvalue weighted by Gasteiger charge is -2.03. The molecule has 4 heteroatoms. The molecule has 1 aromatic heterocycles. The van der Waals surface area contributed by atoms with Crippen LogP contribution in [0.5, 0.6) is 0 Å². The number of rotatable bonds is 0. The Hall–Kier alpha value is -1.84. The molecule has 1 aromatic carbocycles. The third kappa shape index (κ3) is 1.16. The van der Waals surface area contributed by atoms with Gasteiger partial charge in [-0.2, -0.15) is 10.2 Å². The van der Waals surface area contributed by atoms with E-state index in [-0.39, 0.29) is 0 Å². The minimum atomic E-state index is 0.650. The molecule has 4 N–H and O–H groups in total. The summed E-state index contributed by atoms with van der Waals surface area (Å²) in [7, 11) is 0. The normalized spacial score (nSPS) is 10.5. The molecule has 0 unspecified atom stereocenters. The summed E-state index contributed by atoms with van der Waals surface area (Å²) < 4.78 is 0. The van der Waals surface area contributed by atoms with Gasteiger partial charge < -0.3 is 11.5 Å². The van der Waals surface area contributed by atoms with Crippen molar-refractivity contribution in [2.24, 2.45) is 0 Å². The molecule has 4 nitrogen and oxygen atoms in total. The second-order valence-corrected chi connectivity index (χ2v) is 2.98. The van der Waals surface area contributed by atoms with E-state index in [1.807, 2.05) is 19.1 Å². The van der Waals surface area contributed by atoms with Crippen molar-refractivity contribution in [3.05, 3.63) is 23.9 Å². The fraction of sp³-hybridized carbons (Fsp3) is 0.111. The molecule has 0 spiro atoms. The number of anilines is 2. The van der Waals surface area contributed by atoms with E-state index in [0.29, 0.717) is 11.4 Å². The zero-order valence-electron chi connectivity index (χ0n) is 7.28. The van der Waals surface area contributed by atoms with Crippen molar-refractivity contribution in [3.63, 3.8) is 0 Å². The largest absolute Gasteiger partial charge is 0.399 e. The lowest BCUT2D eigenvalue weighted by atomic mass is 10.1. The molecule has 1 heterocycles. The van der Waals surface area contributed by atoms with Crippen LogP contribution < -0.4 is 11.5 Å². The smallest absolute Gasteiger partial charge is 0.0952 e. The van der Waals surface area contributed by atoms with Gasteiger partial charge in [0, 0.05) is 11.1 Å². The highest BCUT2D eigenvalue weighted by Crippen LogP contribution is 2.22. The monoisotopic (exact) mass is 174 g/mol. The van der Waals surface area contributed by atoms with Crippen molar-refractivity contribution in [2.75, 3.05) is 11.5 Å². The van der Waals surface area contributed by atoms with Gasteiger partial charge in [-0.25, -0.2) is 0 Å². The van der Waals surface area contributed by atoms with Crippen LogP contribution in [0, 0.1) is 6.92 Å². The third-order valence-electron chi connectivity index (χ3n) is 2.01. The van der Waals surface area contributed by atoms with E-state index in [4.69, 9.17) is 11.5 Å². The number of nitrogen functional groups attached to an aromatic ring is 2. The summed E-state index contributed by atoms with van der Waals surface area (Å²) in [5.74, 6) is 0. The van der Waals surface area contributed by atoms with E-state index in [2.05, 4.69) is 10.2 Å². The Morgan fingerprint density at radius 1 is 1.15 bits per heavy atom. The number of fused-ring (bicyclic) bond motifs is 1. The van der Waals surface area contributed by atoms with Crippen LogP contribution >= 0.6 is 0 Å². The number of nitrogens with two attached hydrogens (primary N) is 2. The first-order valence-corrected chi connectivity index (χ1v) is 3.96. The summed E-state index contributed by atoms with van der Waals surface area (Å²) in [6, 6.07) is 5.41. The molecule has 0 radical (unpaired) electrons. The SMILES string of the molecule is Cc1nnc2ccc(N)cc2c1N. The topological polar surface area (TPSA) is 77.8 Å². The molecule has 0 aliphatic heterocycles. The van der Waals surface area contributed by atoms with Crippen molar-refractivity contribution in [1.29, 1.82) is 0 Å². The minimum Gasteiger partial charge on any atom is -0.399 e. The zero-order valence-corrected chi connectivity index (χ0v) is 7.28. The Kier molecular flexibility index (Phi) is 1.55. The van der Waals surface area contributed by atoms with E-state index in [9.17, 15) is 0 Å². The average Bonchev–Trinajstić information content (AvgIpc) is 2.12. The number of hydrogen-bond donors (Lipinski definition) is 2. The first-order valence-electron chi connectivity index (χ1n) is 3.96. The van der Waals surface area contributed by atoms with E-state index in [0.717, 1.165) is 16.6 Å². The lowest BCUT2D eigenvalue weighted by molar-refractivity contribution is 1.02. The van der Waals surface area contributed by atoms with Crippen molar-refractivity contribution in [2.45, 2.75) is 6.92 Å². The van der Waals surface area contributed by atoms with Gasteiger partial charge in [-0.05, 0) is 25.1 Å². The molecule has 0 aliphatic rings. The van der Waals surface area contributed by atoms with Gasteiger partial charge in [0.2, 0.25) is 0 Å². The summed E-state index contributed by atoms with van der Waals surface area (Å²) in [5, 5.41) is 8.79. The van der Waals surface area contributed by atoms with Crippen LogP contribution in [-0.2, 0) is 0 Å². The Morgan fingerprint density at radius 3 is 2.69 bits per heavy atom. The van der Waals surface area contributed by atoms with Crippen molar-refractivity contribution in [3.8, 4) is 0 Å². The molecular weight excluding hydrogens is 164 g/mol. The second kappa shape index (κ2) is 2.58. The summed E-state index contributed by atoms with van der Waals surface area (Å²) in [4.78, 5) is 0. The van der Waals surface area contributed by atoms with Crippen LogP contribution in [0.3, 0.4) is 0 Å². The Balaban J connectivity index is 2.89. The van der Waals surface area contributed by atoms with Crippen LogP contribution in [0.15, 0.2) is 18.2 Å². The van der Waals surface area contributed by atoms with E-state index >= 15 is 0 Å². The number of aryl methyl sites for hydroxylation is 1. The van der Waals surface area contributed by atoms with Gasteiger partial charge in [0.05, 0.1) is 16.9 Å².